The van der Waals surface area contributed by atoms with Gasteiger partial charge in [0.1, 0.15) is 5.69 Å². The molecule has 1 aromatic carbocycles. The van der Waals surface area contributed by atoms with E-state index in [1.54, 1.807) is 6.21 Å². The maximum Gasteiger partial charge on any atom is 0.170 e. The predicted octanol–water partition coefficient (Wildman–Crippen LogP) is 1.87. The third-order valence-electron chi connectivity index (χ3n) is 2.28. The maximum atomic E-state index is 5.47. The number of nitrogens with one attached hydrogen (secondary N) is 2. The Kier molecular flexibility index (Phi) is 1.47. The number of ether oxygens (including phenoxy) is 1. The van der Waals surface area contributed by atoms with Crippen LogP contribution in [0.25, 0.3) is 6.08 Å². The first-order valence-corrected chi connectivity index (χ1v) is 4.44. The molecule has 0 aromatic heterocycles. The second-order valence-electron chi connectivity index (χ2n) is 3.12. The molecular formula is C10H9N3O. The summed E-state index contributed by atoms with van der Waals surface area (Å²) in [7, 11) is 0. The van der Waals surface area contributed by atoms with Gasteiger partial charge in [-0.3, -0.25) is 5.43 Å². The molecule has 1 aromatic rings. The van der Waals surface area contributed by atoms with Crippen LogP contribution in [0.5, 0.6) is 5.75 Å². The summed E-state index contributed by atoms with van der Waals surface area (Å²) in [5, 5.41) is 7.15. The SMILES string of the molecule is C1=Cc2ccc3c(c2NN=C1)OCN3. The van der Waals surface area contributed by atoms with Crippen molar-refractivity contribution in [2.75, 3.05) is 17.5 Å². The molecule has 0 saturated heterocycles. The summed E-state index contributed by atoms with van der Waals surface area (Å²) in [6.45, 7) is 0.529. The normalized spacial score (nSPS) is 16.0. The molecule has 0 aliphatic carbocycles. The Balaban J connectivity index is 2.22. The van der Waals surface area contributed by atoms with E-state index in [0.29, 0.717) is 6.73 Å². The fourth-order valence-corrected chi connectivity index (χ4v) is 1.62. The van der Waals surface area contributed by atoms with Crippen molar-refractivity contribution >= 4 is 23.7 Å². The highest BCUT2D eigenvalue weighted by Gasteiger charge is 2.18. The zero-order valence-electron chi connectivity index (χ0n) is 7.45. The van der Waals surface area contributed by atoms with Crippen LogP contribution in [0.2, 0.25) is 0 Å². The minimum Gasteiger partial charge on any atom is -0.469 e. The average molecular weight is 187 g/mol. The topological polar surface area (TPSA) is 45.7 Å². The lowest BCUT2D eigenvalue weighted by Crippen LogP contribution is -1.97. The Bertz CT molecular complexity index is 437. The minimum atomic E-state index is 0.529. The summed E-state index contributed by atoms with van der Waals surface area (Å²) in [6, 6.07) is 4.05. The van der Waals surface area contributed by atoms with Crippen LogP contribution >= 0.6 is 0 Å². The van der Waals surface area contributed by atoms with Gasteiger partial charge in [-0.1, -0.05) is 12.1 Å². The summed E-state index contributed by atoms with van der Waals surface area (Å²) in [4.78, 5) is 0. The van der Waals surface area contributed by atoms with E-state index in [0.717, 1.165) is 22.7 Å². The van der Waals surface area contributed by atoms with Crippen LogP contribution in [0.1, 0.15) is 5.56 Å². The molecule has 0 amide bonds. The highest BCUT2D eigenvalue weighted by Crippen LogP contribution is 2.40. The quantitative estimate of drug-likeness (QED) is 0.651. The van der Waals surface area contributed by atoms with Gasteiger partial charge in [-0.25, -0.2) is 0 Å². The number of anilines is 2. The van der Waals surface area contributed by atoms with Gasteiger partial charge >= 0.3 is 0 Å². The third kappa shape index (κ3) is 0.970. The maximum absolute atomic E-state index is 5.47. The molecule has 70 valence electrons. The van der Waals surface area contributed by atoms with Crippen LogP contribution in [-0.2, 0) is 0 Å². The summed E-state index contributed by atoms with van der Waals surface area (Å²) in [5.41, 5.74) is 6.00. The fraction of sp³-hybridized carbons (Fsp3) is 0.100. The molecule has 14 heavy (non-hydrogen) atoms. The van der Waals surface area contributed by atoms with Crippen molar-refractivity contribution in [3.05, 3.63) is 23.8 Å². The van der Waals surface area contributed by atoms with Crippen LogP contribution in [0.3, 0.4) is 0 Å². The molecule has 3 rings (SSSR count). The van der Waals surface area contributed by atoms with Crippen LogP contribution in [0.15, 0.2) is 23.3 Å². The number of hydrogen-bond acceptors (Lipinski definition) is 4. The molecule has 4 nitrogen and oxygen atoms in total. The van der Waals surface area contributed by atoms with Crippen molar-refractivity contribution in [1.82, 2.24) is 0 Å². The van der Waals surface area contributed by atoms with Crippen molar-refractivity contribution in [3.8, 4) is 5.75 Å². The first-order chi connectivity index (χ1) is 6.95. The third-order valence-corrected chi connectivity index (χ3v) is 2.28. The second kappa shape index (κ2) is 2.77. The van der Waals surface area contributed by atoms with Crippen molar-refractivity contribution in [2.45, 2.75) is 0 Å². The number of rotatable bonds is 0. The molecular weight excluding hydrogens is 178 g/mol. The molecule has 2 N–H and O–H groups in total. The van der Waals surface area contributed by atoms with E-state index in [4.69, 9.17) is 4.74 Å². The molecule has 0 bridgehead atoms. The Morgan fingerprint density at radius 2 is 2.36 bits per heavy atom. The number of hydrogen-bond donors (Lipinski definition) is 2. The summed E-state index contributed by atoms with van der Waals surface area (Å²) < 4.78 is 5.47. The van der Waals surface area contributed by atoms with Crippen LogP contribution in [0, 0.1) is 0 Å². The van der Waals surface area contributed by atoms with Gasteiger partial charge in [0.25, 0.3) is 0 Å². The van der Waals surface area contributed by atoms with Gasteiger partial charge in [0.05, 0.1) is 5.69 Å². The van der Waals surface area contributed by atoms with Gasteiger partial charge in [0, 0.05) is 11.8 Å². The number of hydrazone groups is 1. The monoisotopic (exact) mass is 187 g/mol. The number of fused-ring (bicyclic) bond motifs is 3. The average Bonchev–Trinajstić information content (AvgIpc) is 2.55. The zero-order chi connectivity index (χ0) is 9.38. The molecule has 0 unspecified atom stereocenters. The van der Waals surface area contributed by atoms with E-state index in [2.05, 4.69) is 15.8 Å². The van der Waals surface area contributed by atoms with Gasteiger partial charge in [-0.15, -0.1) is 0 Å². The van der Waals surface area contributed by atoms with E-state index < -0.39 is 0 Å². The number of benzene rings is 1. The molecule has 4 heteroatoms. The molecule has 2 aliphatic heterocycles. The van der Waals surface area contributed by atoms with Crippen LogP contribution in [0.4, 0.5) is 11.4 Å². The fourth-order valence-electron chi connectivity index (χ4n) is 1.62. The Morgan fingerprint density at radius 1 is 1.36 bits per heavy atom. The van der Waals surface area contributed by atoms with Crippen molar-refractivity contribution < 1.29 is 4.74 Å². The highest BCUT2D eigenvalue weighted by molar-refractivity contribution is 5.88. The van der Waals surface area contributed by atoms with Crippen molar-refractivity contribution in [3.63, 3.8) is 0 Å². The first kappa shape index (κ1) is 7.44. The lowest BCUT2D eigenvalue weighted by molar-refractivity contribution is 0.374. The van der Waals surface area contributed by atoms with Crippen LogP contribution < -0.4 is 15.5 Å². The van der Waals surface area contributed by atoms with Crippen molar-refractivity contribution in [2.24, 2.45) is 5.10 Å². The van der Waals surface area contributed by atoms with E-state index in [-0.39, 0.29) is 0 Å². The molecule has 0 radical (unpaired) electrons. The predicted molar refractivity (Wildman–Crippen MR) is 56.7 cm³/mol. The smallest absolute Gasteiger partial charge is 0.170 e. The Labute approximate surface area is 81.3 Å². The van der Waals surface area contributed by atoms with Gasteiger partial charge in [0.15, 0.2) is 12.5 Å². The standard InChI is InChI=1S/C10H9N3O/c1-2-7-3-4-8-10(14-6-11-8)9(7)13-12-5-1/h1-5,11,13H,6H2. The minimum absolute atomic E-state index is 0.529. The summed E-state index contributed by atoms with van der Waals surface area (Å²) >= 11 is 0. The number of nitrogens with zero attached hydrogens (tertiary/aromatic N) is 1. The lowest BCUT2D eigenvalue weighted by atomic mass is 10.1. The second-order valence-corrected chi connectivity index (χ2v) is 3.12. The zero-order valence-corrected chi connectivity index (χ0v) is 7.45. The first-order valence-electron chi connectivity index (χ1n) is 4.44. The van der Waals surface area contributed by atoms with E-state index in [1.807, 2.05) is 24.3 Å². The van der Waals surface area contributed by atoms with E-state index in [9.17, 15) is 0 Å². The van der Waals surface area contributed by atoms with E-state index >= 15 is 0 Å². The molecule has 2 heterocycles. The Hall–Kier alpha value is -1.97. The van der Waals surface area contributed by atoms with Crippen molar-refractivity contribution in [1.29, 1.82) is 0 Å². The van der Waals surface area contributed by atoms with Gasteiger partial charge in [0.2, 0.25) is 0 Å². The highest BCUT2D eigenvalue weighted by atomic mass is 16.5. The summed E-state index contributed by atoms with van der Waals surface area (Å²) in [6.07, 6.45) is 5.61. The lowest BCUT2D eigenvalue weighted by Gasteiger charge is -2.08. The Morgan fingerprint density at radius 3 is 3.36 bits per heavy atom. The van der Waals surface area contributed by atoms with E-state index in [1.165, 1.54) is 0 Å². The van der Waals surface area contributed by atoms with Gasteiger partial charge in [-0.05, 0) is 12.1 Å². The molecule has 0 spiro atoms. The number of allylic oxidation sites excluding steroid dienone is 1. The summed E-state index contributed by atoms with van der Waals surface area (Å²) in [5.74, 6) is 0.853. The molecule has 0 fully saturated rings. The molecule has 0 saturated carbocycles. The molecule has 2 aliphatic rings. The van der Waals surface area contributed by atoms with Gasteiger partial charge < -0.3 is 10.1 Å². The van der Waals surface area contributed by atoms with Gasteiger partial charge in [-0.2, -0.15) is 5.10 Å². The van der Waals surface area contributed by atoms with Crippen LogP contribution in [-0.4, -0.2) is 12.9 Å². The molecule has 0 atom stereocenters. The largest absolute Gasteiger partial charge is 0.469 e.